The Labute approximate surface area is 143 Å². The summed E-state index contributed by atoms with van der Waals surface area (Å²) in [5.74, 6) is 1.85. The highest BCUT2D eigenvalue weighted by atomic mass is 16.5. The van der Waals surface area contributed by atoms with Gasteiger partial charge in [0, 0.05) is 54.8 Å². The van der Waals surface area contributed by atoms with E-state index in [0.717, 1.165) is 55.6 Å². The predicted octanol–water partition coefficient (Wildman–Crippen LogP) is 3.11. The Morgan fingerprint density at radius 1 is 1.21 bits per heavy atom. The Balaban J connectivity index is 1.63. The topological polar surface area (TPSA) is 51.1 Å². The second-order valence-corrected chi connectivity index (χ2v) is 6.96. The van der Waals surface area contributed by atoms with E-state index in [1.54, 1.807) is 12.4 Å². The van der Waals surface area contributed by atoms with E-state index in [1.165, 1.54) is 19.3 Å². The minimum atomic E-state index is 0.326. The van der Waals surface area contributed by atoms with E-state index in [9.17, 15) is 0 Å². The standard InChI is InChI=1S/C19H24N4O/c1-2-16-12-17(22-18(21-16)15-4-8-20-9-5-15)23-10-7-19(13-23)6-3-11-24-14-19/h4-5,8-9,12H,2-3,6-7,10-11,13-14H2,1H3. The molecule has 0 amide bonds. The van der Waals surface area contributed by atoms with Crippen molar-refractivity contribution in [3.8, 4) is 11.4 Å². The van der Waals surface area contributed by atoms with Gasteiger partial charge in [0.1, 0.15) is 5.82 Å². The summed E-state index contributed by atoms with van der Waals surface area (Å²) in [5, 5.41) is 0. The molecule has 5 heteroatoms. The molecule has 0 radical (unpaired) electrons. The zero-order valence-corrected chi connectivity index (χ0v) is 14.2. The summed E-state index contributed by atoms with van der Waals surface area (Å²) in [6, 6.07) is 6.09. The quantitative estimate of drug-likeness (QED) is 0.868. The van der Waals surface area contributed by atoms with Crippen LogP contribution in [0.15, 0.2) is 30.6 Å². The van der Waals surface area contributed by atoms with E-state index in [0.29, 0.717) is 5.41 Å². The van der Waals surface area contributed by atoms with Crippen molar-refractivity contribution in [2.75, 3.05) is 31.2 Å². The van der Waals surface area contributed by atoms with Crippen LogP contribution in [0, 0.1) is 5.41 Å². The molecule has 0 aliphatic carbocycles. The molecule has 2 saturated heterocycles. The average Bonchev–Trinajstić information content (AvgIpc) is 3.06. The number of aromatic nitrogens is 3. The molecular formula is C19H24N4O. The number of hydrogen-bond acceptors (Lipinski definition) is 5. The van der Waals surface area contributed by atoms with Gasteiger partial charge in [-0.05, 0) is 37.8 Å². The molecule has 126 valence electrons. The van der Waals surface area contributed by atoms with Crippen LogP contribution in [0.3, 0.4) is 0 Å². The van der Waals surface area contributed by atoms with E-state index in [-0.39, 0.29) is 0 Å². The van der Waals surface area contributed by atoms with E-state index < -0.39 is 0 Å². The monoisotopic (exact) mass is 324 g/mol. The summed E-state index contributed by atoms with van der Waals surface area (Å²) in [6.07, 6.45) is 8.15. The van der Waals surface area contributed by atoms with Gasteiger partial charge in [-0.2, -0.15) is 0 Å². The second kappa shape index (κ2) is 6.48. The molecular weight excluding hydrogens is 300 g/mol. The first kappa shape index (κ1) is 15.5. The summed E-state index contributed by atoms with van der Waals surface area (Å²) in [4.78, 5) is 16.1. The number of nitrogens with zero attached hydrogens (tertiary/aromatic N) is 4. The van der Waals surface area contributed by atoms with Crippen LogP contribution in [-0.4, -0.2) is 41.3 Å². The lowest BCUT2D eigenvalue weighted by molar-refractivity contribution is 0.00437. The molecule has 4 heterocycles. The number of rotatable bonds is 3. The minimum Gasteiger partial charge on any atom is -0.381 e. The van der Waals surface area contributed by atoms with Crippen molar-refractivity contribution in [1.29, 1.82) is 0 Å². The van der Waals surface area contributed by atoms with Crippen molar-refractivity contribution in [3.63, 3.8) is 0 Å². The number of pyridine rings is 1. The first-order valence-corrected chi connectivity index (χ1v) is 8.89. The van der Waals surface area contributed by atoms with E-state index in [2.05, 4.69) is 22.9 Å². The Morgan fingerprint density at radius 3 is 2.83 bits per heavy atom. The predicted molar refractivity (Wildman–Crippen MR) is 94.0 cm³/mol. The molecule has 24 heavy (non-hydrogen) atoms. The first-order valence-electron chi connectivity index (χ1n) is 8.89. The van der Waals surface area contributed by atoms with E-state index >= 15 is 0 Å². The van der Waals surface area contributed by atoms with Gasteiger partial charge in [-0.25, -0.2) is 9.97 Å². The highest BCUT2D eigenvalue weighted by molar-refractivity contribution is 5.57. The van der Waals surface area contributed by atoms with Crippen LogP contribution in [0.2, 0.25) is 0 Å². The third-order valence-corrected chi connectivity index (χ3v) is 5.23. The lowest BCUT2D eigenvalue weighted by Crippen LogP contribution is -2.35. The van der Waals surface area contributed by atoms with Gasteiger partial charge in [0.05, 0.1) is 6.61 Å². The minimum absolute atomic E-state index is 0.326. The number of ether oxygens (including phenoxy) is 1. The summed E-state index contributed by atoms with van der Waals surface area (Å²) >= 11 is 0. The molecule has 2 aliphatic heterocycles. The van der Waals surface area contributed by atoms with Crippen LogP contribution >= 0.6 is 0 Å². The van der Waals surface area contributed by atoms with Crippen LogP contribution < -0.4 is 4.90 Å². The number of anilines is 1. The maximum atomic E-state index is 5.76. The Kier molecular flexibility index (Phi) is 4.19. The van der Waals surface area contributed by atoms with E-state index in [1.807, 2.05) is 12.1 Å². The zero-order chi connectivity index (χ0) is 16.4. The second-order valence-electron chi connectivity index (χ2n) is 6.96. The molecule has 2 aromatic heterocycles. The average molecular weight is 324 g/mol. The molecule has 5 nitrogen and oxygen atoms in total. The van der Waals surface area contributed by atoms with Gasteiger partial charge in [0.2, 0.25) is 0 Å². The van der Waals surface area contributed by atoms with Crippen molar-refractivity contribution in [1.82, 2.24) is 15.0 Å². The maximum absolute atomic E-state index is 5.76. The first-order chi connectivity index (χ1) is 11.8. The fraction of sp³-hybridized carbons (Fsp3) is 0.526. The van der Waals surface area contributed by atoms with Crippen molar-refractivity contribution in [2.24, 2.45) is 5.41 Å². The van der Waals surface area contributed by atoms with Gasteiger partial charge in [-0.15, -0.1) is 0 Å². The Hall–Kier alpha value is -2.01. The lowest BCUT2D eigenvalue weighted by atomic mass is 9.82. The normalized spacial score (nSPS) is 23.8. The smallest absolute Gasteiger partial charge is 0.161 e. The molecule has 2 aliphatic rings. The van der Waals surface area contributed by atoms with Crippen LogP contribution in [0.1, 0.15) is 31.9 Å². The van der Waals surface area contributed by atoms with Crippen molar-refractivity contribution >= 4 is 5.82 Å². The third kappa shape index (κ3) is 3.00. The summed E-state index contributed by atoms with van der Waals surface area (Å²) in [6.45, 7) is 6.05. The third-order valence-electron chi connectivity index (χ3n) is 5.23. The highest BCUT2D eigenvalue weighted by Crippen LogP contribution is 2.39. The number of hydrogen-bond donors (Lipinski definition) is 0. The molecule has 1 spiro atoms. The van der Waals surface area contributed by atoms with Gasteiger partial charge in [0.25, 0.3) is 0 Å². The fourth-order valence-corrected chi connectivity index (χ4v) is 3.82. The molecule has 0 N–H and O–H groups in total. The van der Waals surface area contributed by atoms with Gasteiger partial charge in [-0.3, -0.25) is 4.98 Å². The largest absolute Gasteiger partial charge is 0.381 e. The summed E-state index contributed by atoms with van der Waals surface area (Å²) < 4.78 is 5.76. The SMILES string of the molecule is CCc1cc(N2CCC3(CCCOC3)C2)nc(-c2ccncc2)n1. The molecule has 1 unspecified atom stereocenters. The fourth-order valence-electron chi connectivity index (χ4n) is 3.82. The summed E-state index contributed by atoms with van der Waals surface area (Å²) in [5.41, 5.74) is 2.44. The Bertz CT molecular complexity index is 698. The van der Waals surface area contributed by atoms with Crippen molar-refractivity contribution < 1.29 is 4.74 Å². The Morgan fingerprint density at radius 2 is 2.08 bits per heavy atom. The lowest BCUT2D eigenvalue weighted by Gasteiger charge is -2.33. The van der Waals surface area contributed by atoms with Gasteiger partial charge >= 0.3 is 0 Å². The van der Waals surface area contributed by atoms with Gasteiger partial charge < -0.3 is 9.64 Å². The summed E-state index contributed by atoms with van der Waals surface area (Å²) in [7, 11) is 0. The van der Waals surface area contributed by atoms with E-state index in [4.69, 9.17) is 14.7 Å². The van der Waals surface area contributed by atoms with Crippen LogP contribution in [0.4, 0.5) is 5.82 Å². The molecule has 1 atom stereocenters. The molecule has 0 saturated carbocycles. The molecule has 0 aromatic carbocycles. The van der Waals surface area contributed by atoms with Crippen LogP contribution in [0.5, 0.6) is 0 Å². The molecule has 2 aromatic rings. The molecule has 4 rings (SSSR count). The van der Waals surface area contributed by atoms with Crippen LogP contribution in [-0.2, 0) is 11.2 Å². The molecule has 0 bridgehead atoms. The molecule has 2 fully saturated rings. The van der Waals surface area contributed by atoms with Crippen LogP contribution in [0.25, 0.3) is 11.4 Å². The van der Waals surface area contributed by atoms with Gasteiger partial charge in [-0.1, -0.05) is 6.92 Å². The van der Waals surface area contributed by atoms with Crippen molar-refractivity contribution in [3.05, 3.63) is 36.3 Å². The van der Waals surface area contributed by atoms with Crippen molar-refractivity contribution in [2.45, 2.75) is 32.6 Å². The van der Waals surface area contributed by atoms with Gasteiger partial charge in [0.15, 0.2) is 5.82 Å². The highest BCUT2D eigenvalue weighted by Gasteiger charge is 2.40. The maximum Gasteiger partial charge on any atom is 0.161 e. The number of aryl methyl sites for hydroxylation is 1. The zero-order valence-electron chi connectivity index (χ0n) is 14.2.